The minimum atomic E-state index is -4.61. The molecule has 2 heterocycles. The number of nitrogens with zero attached hydrogens (tertiary/aromatic N) is 3. The van der Waals surface area contributed by atoms with E-state index in [4.69, 9.17) is 0 Å². The fourth-order valence-corrected chi connectivity index (χ4v) is 4.16. The standard InChI is InChI=1S/C20H14BrF3N6OS/c21-12-4-5-16(15(7-12)20(22,23)24)29-19(31)28-13-3-1-2-11(6-13)9-32-18-14-8-27-30-17(14)25-10-26-18/h1-8,10H,9H2,(H2,28,29,31)(H,25,26,27,30). The molecule has 2 aromatic carbocycles. The Morgan fingerprint density at radius 1 is 1.12 bits per heavy atom. The number of thioether (sulfide) groups is 1. The van der Waals surface area contributed by atoms with Gasteiger partial charge < -0.3 is 10.6 Å². The van der Waals surface area contributed by atoms with Crippen molar-refractivity contribution in [3.05, 3.63) is 70.6 Å². The monoisotopic (exact) mass is 522 g/mol. The molecule has 0 aliphatic heterocycles. The average molecular weight is 523 g/mol. The Morgan fingerprint density at radius 2 is 1.97 bits per heavy atom. The first-order valence-corrected chi connectivity index (χ1v) is 10.9. The summed E-state index contributed by atoms with van der Waals surface area (Å²) < 4.78 is 40.0. The van der Waals surface area contributed by atoms with Crippen molar-refractivity contribution >= 4 is 56.1 Å². The van der Waals surface area contributed by atoms with Crippen LogP contribution in [-0.4, -0.2) is 26.2 Å². The van der Waals surface area contributed by atoms with Crippen LogP contribution in [0.15, 0.2) is 64.5 Å². The molecular weight excluding hydrogens is 509 g/mol. The van der Waals surface area contributed by atoms with E-state index in [0.717, 1.165) is 22.0 Å². The zero-order valence-corrected chi connectivity index (χ0v) is 18.5. The van der Waals surface area contributed by atoms with Crippen molar-refractivity contribution in [1.29, 1.82) is 0 Å². The number of fused-ring (bicyclic) bond motifs is 1. The Morgan fingerprint density at radius 3 is 2.78 bits per heavy atom. The molecule has 32 heavy (non-hydrogen) atoms. The van der Waals surface area contributed by atoms with E-state index in [2.05, 4.69) is 46.7 Å². The van der Waals surface area contributed by atoms with Gasteiger partial charge in [-0.15, -0.1) is 11.8 Å². The quantitative estimate of drug-likeness (QED) is 0.218. The Balaban J connectivity index is 1.43. The number of H-pyrrole nitrogens is 1. The summed E-state index contributed by atoms with van der Waals surface area (Å²) in [5.74, 6) is 0.555. The summed E-state index contributed by atoms with van der Waals surface area (Å²) in [4.78, 5) is 20.7. The van der Waals surface area contributed by atoms with Crippen LogP contribution in [0.2, 0.25) is 0 Å². The van der Waals surface area contributed by atoms with Gasteiger partial charge in [-0.1, -0.05) is 28.1 Å². The van der Waals surface area contributed by atoms with Crippen molar-refractivity contribution in [3.8, 4) is 0 Å². The predicted octanol–water partition coefficient (Wildman–Crippen LogP) is 6.07. The third-order valence-electron chi connectivity index (χ3n) is 4.31. The molecule has 3 N–H and O–H groups in total. The maximum atomic E-state index is 13.3. The minimum Gasteiger partial charge on any atom is -0.308 e. The van der Waals surface area contributed by atoms with E-state index in [0.29, 0.717) is 17.1 Å². The molecule has 4 aromatic rings. The van der Waals surface area contributed by atoms with Gasteiger partial charge in [-0.25, -0.2) is 14.8 Å². The van der Waals surface area contributed by atoms with Crippen LogP contribution in [0.4, 0.5) is 29.3 Å². The maximum Gasteiger partial charge on any atom is 0.418 e. The van der Waals surface area contributed by atoms with Crippen LogP contribution < -0.4 is 10.6 Å². The highest BCUT2D eigenvalue weighted by Gasteiger charge is 2.34. The number of alkyl halides is 3. The molecular formula is C20H14BrF3N6OS. The highest BCUT2D eigenvalue weighted by Crippen LogP contribution is 2.36. The van der Waals surface area contributed by atoms with Crippen LogP contribution in [0.3, 0.4) is 0 Å². The third kappa shape index (κ3) is 5.19. The molecule has 0 saturated heterocycles. The Labute approximate surface area is 192 Å². The van der Waals surface area contributed by atoms with Crippen molar-refractivity contribution < 1.29 is 18.0 Å². The number of halogens is 4. The molecule has 0 radical (unpaired) electrons. The second-order valence-corrected chi connectivity index (χ2v) is 8.45. The normalized spacial score (nSPS) is 11.5. The first-order valence-electron chi connectivity index (χ1n) is 9.10. The number of carbonyl (C=O) groups excluding carboxylic acids is 1. The zero-order chi connectivity index (χ0) is 22.7. The van der Waals surface area contributed by atoms with E-state index < -0.39 is 17.8 Å². The van der Waals surface area contributed by atoms with Gasteiger partial charge in [-0.05, 0) is 35.9 Å². The third-order valence-corrected chi connectivity index (χ3v) is 5.88. The number of aromatic nitrogens is 4. The molecule has 12 heteroatoms. The predicted molar refractivity (Wildman–Crippen MR) is 119 cm³/mol. The van der Waals surface area contributed by atoms with Crippen molar-refractivity contribution in [3.63, 3.8) is 0 Å². The van der Waals surface area contributed by atoms with Gasteiger partial charge in [-0.2, -0.15) is 18.3 Å². The fraction of sp³-hybridized carbons (Fsp3) is 0.100. The van der Waals surface area contributed by atoms with Gasteiger partial charge >= 0.3 is 12.2 Å². The molecule has 0 spiro atoms. The van der Waals surface area contributed by atoms with Gasteiger partial charge in [0.2, 0.25) is 0 Å². The first kappa shape index (κ1) is 22.1. The molecule has 2 aromatic heterocycles. The highest BCUT2D eigenvalue weighted by atomic mass is 79.9. The van der Waals surface area contributed by atoms with Gasteiger partial charge in [0.05, 0.1) is 22.8 Å². The number of carbonyl (C=O) groups is 1. The molecule has 164 valence electrons. The summed E-state index contributed by atoms with van der Waals surface area (Å²) in [5.41, 5.74) is 0.700. The van der Waals surface area contributed by atoms with E-state index in [1.54, 1.807) is 24.4 Å². The van der Waals surface area contributed by atoms with E-state index in [-0.39, 0.29) is 10.2 Å². The molecule has 0 aliphatic rings. The number of benzene rings is 2. The molecule has 0 bridgehead atoms. The largest absolute Gasteiger partial charge is 0.418 e. The maximum absolute atomic E-state index is 13.3. The van der Waals surface area contributed by atoms with Gasteiger partial charge in [0.25, 0.3) is 0 Å². The first-order chi connectivity index (χ1) is 15.3. The number of hydrogen-bond donors (Lipinski definition) is 3. The number of aromatic amines is 1. The number of rotatable bonds is 5. The van der Waals surface area contributed by atoms with Crippen LogP contribution >= 0.6 is 27.7 Å². The topological polar surface area (TPSA) is 95.6 Å². The SMILES string of the molecule is O=C(Nc1cccc(CSc2ncnc3[nH]ncc23)c1)Nc1ccc(Br)cc1C(F)(F)F. The van der Waals surface area contributed by atoms with Crippen molar-refractivity contribution in [2.24, 2.45) is 0 Å². The van der Waals surface area contributed by atoms with Gasteiger partial charge in [0.1, 0.15) is 11.4 Å². The van der Waals surface area contributed by atoms with Crippen LogP contribution in [0.25, 0.3) is 11.0 Å². The summed E-state index contributed by atoms with van der Waals surface area (Å²) in [5, 5.41) is 13.1. The summed E-state index contributed by atoms with van der Waals surface area (Å²) in [6.45, 7) is 0. The van der Waals surface area contributed by atoms with Crippen LogP contribution in [0.5, 0.6) is 0 Å². The van der Waals surface area contributed by atoms with Crippen molar-refractivity contribution in [2.45, 2.75) is 17.0 Å². The minimum absolute atomic E-state index is 0.261. The second-order valence-electron chi connectivity index (χ2n) is 6.57. The highest BCUT2D eigenvalue weighted by molar-refractivity contribution is 9.10. The number of nitrogens with one attached hydrogen (secondary N) is 3. The number of hydrogen-bond acceptors (Lipinski definition) is 5. The summed E-state index contributed by atoms with van der Waals surface area (Å²) >= 11 is 4.49. The zero-order valence-electron chi connectivity index (χ0n) is 16.1. The van der Waals surface area contributed by atoms with Gasteiger partial charge in [-0.3, -0.25) is 5.10 Å². The van der Waals surface area contributed by atoms with E-state index >= 15 is 0 Å². The smallest absolute Gasteiger partial charge is 0.308 e. The molecule has 0 atom stereocenters. The second kappa shape index (κ2) is 9.17. The van der Waals surface area contributed by atoms with E-state index in [1.165, 1.54) is 30.2 Å². The molecule has 0 saturated carbocycles. The number of anilines is 2. The lowest BCUT2D eigenvalue weighted by atomic mass is 10.1. The lowest BCUT2D eigenvalue weighted by Gasteiger charge is -2.15. The Bertz CT molecular complexity index is 1280. The fourth-order valence-electron chi connectivity index (χ4n) is 2.89. The Hall–Kier alpha value is -3.12. The van der Waals surface area contributed by atoms with Crippen molar-refractivity contribution in [2.75, 3.05) is 10.6 Å². The summed E-state index contributed by atoms with van der Waals surface area (Å²) in [7, 11) is 0. The molecule has 0 fully saturated rings. The molecule has 4 rings (SSSR count). The van der Waals surface area contributed by atoms with E-state index in [1.807, 2.05) is 6.07 Å². The molecule has 2 amide bonds. The van der Waals surface area contributed by atoms with Crippen molar-refractivity contribution in [1.82, 2.24) is 20.2 Å². The molecule has 0 unspecified atom stereocenters. The van der Waals surface area contributed by atoms with Crippen LogP contribution in [0.1, 0.15) is 11.1 Å². The van der Waals surface area contributed by atoms with E-state index in [9.17, 15) is 18.0 Å². The summed E-state index contributed by atoms with van der Waals surface area (Å²) in [6.07, 6.45) is -1.51. The van der Waals surface area contributed by atoms with Gasteiger partial charge in [0, 0.05) is 15.9 Å². The van der Waals surface area contributed by atoms with Crippen LogP contribution in [0, 0.1) is 0 Å². The molecule has 7 nitrogen and oxygen atoms in total. The average Bonchev–Trinajstić information content (AvgIpc) is 3.22. The van der Waals surface area contributed by atoms with Crippen LogP contribution in [-0.2, 0) is 11.9 Å². The lowest BCUT2D eigenvalue weighted by molar-refractivity contribution is -0.136. The van der Waals surface area contributed by atoms with Gasteiger partial charge in [0.15, 0.2) is 5.65 Å². The number of amides is 2. The molecule has 0 aliphatic carbocycles. The lowest BCUT2D eigenvalue weighted by Crippen LogP contribution is -2.22. The summed E-state index contributed by atoms with van der Waals surface area (Å²) in [6, 6.07) is 9.77. The number of urea groups is 1. The Kier molecular flexibility index (Phi) is 6.33.